The van der Waals surface area contributed by atoms with Crippen LogP contribution in [-0.4, -0.2) is 233 Å². The van der Waals surface area contributed by atoms with Crippen LogP contribution in [0.3, 0.4) is 0 Å². The molecule has 2 aliphatic heterocycles. The van der Waals surface area contributed by atoms with Crippen molar-refractivity contribution in [2.75, 3.05) is 58.0 Å². The normalized spacial score (nSPS) is 16.0. The second-order valence-electron chi connectivity index (χ2n) is 33.3. The Hall–Kier alpha value is -13.1. The number of nitrogens with two attached hydrogens (primary N) is 1. The van der Waals surface area contributed by atoms with Gasteiger partial charge in [0.1, 0.15) is 66.5 Å². The number of aromatic nitrogens is 2. The van der Waals surface area contributed by atoms with Gasteiger partial charge in [-0.3, -0.25) is 82.4 Å². The summed E-state index contributed by atoms with van der Waals surface area (Å²) in [4.78, 5) is 222. The van der Waals surface area contributed by atoms with E-state index in [1.807, 2.05) is 77.5 Å². The van der Waals surface area contributed by atoms with Crippen molar-refractivity contribution in [2.24, 2.45) is 11.7 Å². The summed E-state index contributed by atoms with van der Waals surface area (Å²) < 4.78 is 0.310. The molecule has 2 aliphatic rings. The maximum atomic E-state index is 15.6. The van der Waals surface area contributed by atoms with Crippen molar-refractivity contribution < 1.29 is 81.5 Å². The number of aliphatic hydroxyl groups is 1. The number of benzene rings is 5. The quantitative estimate of drug-likeness (QED) is 0.0192. The van der Waals surface area contributed by atoms with Gasteiger partial charge in [0.25, 0.3) is 11.8 Å². The van der Waals surface area contributed by atoms with Gasteiger partial charge in [0.15, 0.2) is 6.54 Å². The van der Waals surface area contributed by atoms with Crippen molar-refractivity contribution in [3.8, 4) is 0 Å². The van der Waals surface area contributed by atoms with Crippen LogP contribution in [0.25, 0.3) is 10.8 Å². The molecule has 0 radical (unpaired) electrons. The Bertz CT molecular complexity index is 4990. The third kappa shape index (κ3) is 30.4. The molecule has 9 rings (SSSR count). The number of fused-ring (bicyclic) bond motifs is 1. The summed E-state index contributed by atoms with van der Waals surface area (Å²) in [6.45, 7) is 8.65. The molecule has 0 spiro atoms. The van der Waals surface area contributed by atoms with E-state index in [9.17, 15) is 48.3 Å². The molecule has 35 nitrogen and oxygen atoms in total. The molecule has 17 N–H and O–H groups in total. The van der Waals surface area contributed by atoms with Crippen LogP contribution in [0.1, 0.15) is 118 Å². The van der Waals surface area contributed by atoms with E-state index >= 15 is 28.8 Å². The highest BCUT2D eigenvalue weighted by atomic mass is 35.5. The Kier molecular flexibility index (Phi) is 35.7. The number of primary amides is 1. The molecule has 7 aromatic rings. The number of likely N-dealkylation sites (tertiary alicyclic amines) is 1. The number of carbonyl (C=O) groups excluding carboxylic acids is 15. The average molecular weight is 1750 g/mol. The highest BCUT2D eigenvalue weighted by Gasteiger charge is 2.41. The molecule has 36 heteroatoms. The molecule has 0 bridgehead atoms. The molecule has 126 heavy (non-hydrogen) atoms. The number of urea groups is 1. The van der Waals surface area contributed by atoms with Crippen LogP contribution >= 0.6 is 11.6 Å². The molecule has 1 unspecified atom stereocenters. The Balaban J connectivity index is 1.03. The molecule has 2 saturated heterocycles. The molecular weight excluding hydrogens is 1640 g/mol. The number of nitrogens with one attached hydrogen (secondary N) is 14. The van der Waals surface area contributed by atoms with Crippen molar-refractivity contribution in [3.63, 3.8) is 0 Å². The number of anilines is 2. The molecule has 5 aromatic carbocycles. The minimum absolute atomic E-state index is 0.0250. The number of carbonyl (C=O) groups is 15. The SMILES string of the molecule is CC(C)C[C@H](NC(=O)[C@@H](Cc1ccc(NC(=O)C[N+](C)(C)C)cc1)NC(=O)[C@H](Cc1ccc(NC(=O)C2CC(=O)NC(=O)N2)cc1)NC(=O)[C@H](CO)NC(=O)[C@@H](Cc1cccnc1)NC(=O)[C@@H](Cc1ccc(Cl)cc1)NC(=O)[C@@H](Cc1ccc2ccccc2c1)NC(=O)c1cccnc1)C(=O)N[C@@H](CCCCNC(C)C)C(=O)N1CCC[C@H]1C(=O)N[C@H](C)C(N)=O. The zero-order chi connectivity index (χ0) is 91.3. The van der Waals surface area contributed by atoms with Crippen molar-refractivity contribution in [3.05, 3.63) is 203 Å². The number of unbranched alkanes of at least 4 members (excludes halogenated alkanes) is 1. The smallest absolute Gasteiger partial charge is 0.322 e. The van der Waals surface area contributed by atoms with Gasteiger partial charge in [-0.15, -0.1) is 0 Å². The number of nitrogens with zero attached hydrogens (tertiary/aromatic N) is 4. The number of quaternary nitrogens is 1. The molecule has 670 valence electrons. The van der Waals surface area contributed by atoms with Gasteiger partial charge < -0.3 is 89.3 Å². The minimum atomic E-state index is -1.94. The number of amides is 16. The van der Waals surface area contributed by atoms with E-state index in [1.165, 1.54) is 66.9 Å². The fourth-order valence-corrected chi connectivity index (χ4v) is 14.5. The monoisotopic (exact) mass is 1750 g/mol. The highest BCUT2D eigenvalue weighted by Crippen LogP contribution is 2.24. The van der Waals surface area contributed by atoms with Gasteiger partial charge in [0.05, 0.1) is 39.7 Å². The predicted molar refractivity (Wildman–Crippen MR) is 470 cm³/mol. The molecule has 2 fully saturated rings. The topological polar surface area (TPSA) is 500 Å². The van der Waals surface area contributed by atoms with E-state index in [0.29, 0.717) is 63.3 Å². The summed E-state index contributed by atoms with van der Waals surface area (Å²) >= 11 is 6.33. The zero-order valence-corrected chi connectivity index (χ0v) is 72.5. The number of likely N-dealkylation sites (N-methyl/N-ethyl adjacent to an activating group) is 1. The summed E-state index contributed by atoms with van der Waals surface area (Å²) in [7, 11) is 5.52. The van der Waals surface area contributed by atoms with Crippen LogP contribution in [0.15, 0.2) is 164 Å². The van der Waals surface area contributed by atoms with Crippen molar-refractivity contribution >= 4 is 122 Å². The second-order valence-corrected chi connectivity index (χ2v) is 33.7. The Morgan fingerprint density at radius 1 is 0.532 bits per heavy atom. The van der Waals surface area contributed by atoms with E-state index in [4.69, 9.17) is 17.3 Å². The summed E-state index contributed by atoms with van der Waals surface area (Å²) in [5, 5.41) is 51.3. The number of hydrogen-bond donors (Lipinski definition) is 16. The van der Waals surface area contributed by atoms with Crippen molar-refractivity contribution in [2.45, 2.75) is 184 Å². The predicted octanol–water partition coefficient (Wildman–Crippen LogP) is 2.36. The lowest BCUT2D eigenvalue weighted by Gasteiger charge is -2.31. The van der Waals surface area contributed by atoms with Crippen LogP contribution in [0.2, 0.25) is 5.02 Å². The molecule has 16 amide bonds. The number of pyridine rings is 2. The summed E-state index contributed by atoms with van der Waals surface area (Å²) in [5.41, 5.74) is 8.43. The number of rotatable bonds is 44. The second kappa shape index (κ2) is 46.6. The Labute approximate surface area is 735 Å². The summed E-state index contributed by atoms with van der Waals surface area (Å²) in [6, 6.07) is 21.5. The largest absolute Gasteiger partial charge is 0.394 e. The minimum Gasteiger partial charge on any atom is -0.394 e. The molecule has 11 atom stereocenters. The maximum absolute atomic E-state index is 15.6. The highest BCUT2D eigenvalue weighted by molar-refractivity contribution is 6.30. The lowest BCUT2D eigenvalue weighted by molar-refractivity contribution is -0.861. The van der Waals surface area contributed by atoms with Gasteiger partial charge in [-0.25, -0.2) is 4.79 Å². The first-order valence-corrected chi connectivity index (χ1v) is 42.3. The third-order valence-electron chi connectivity index (χ3n) is 20.9. The number of halogens is 1. The van der Waals surface area contributed by atoms with E-state index in [0.717, 1.165) is 10.8 Å². The summed E-state index contributed by atoms with van der Waals surface area (Å²) in [6.07, 6.45) is 5.77. The van der Waals surface area contributed by atoms with Crippen molar-refractivity contribution in [1.29, 1.82) is 0 Å². The third-order valence-corrected chi connectivity index (χ3v) is 21.2. The lowest BCUT2D eigenvalue weighted by atomic mass is 9.99. The first-order chi connectivity index (χ1) is 60.0. The van der Waals surface area contributed by atoms with Gasteiger partial charge in [0, 0.05) is 85.9 Å². The number of imide groups is 1. The van der Waals surface area contributed by atoms with Gasteiger partial charge in [0.2, 0.25) is 70.9 Å². The van der Waals surface area contributed by atoms with Gasteiger partial charge in [-0.2, -0.15) is 0 Å². The summed E-state index contributed by atoms with van der Waals surface area (Å²) in [5.74, 6) is -11.4. The fraction of sp³-hybridized carbons (Fsp3) is 0.411. The first kappa shape index (κ1) is 96.7. The lowest BCUT2D eigenvalue weighted by Crippen LogP contribution is -2.62. The standard InChI is InChI=1S/C90H112ClN19O16/c1-52(2)40-67(81(117)99-66(20-11-12-38-95-53(3)4)89(125)109-39-15-21-75(109)88(124)96-54(5)78(92)114)101-82(118)69(43-56-25-32-64(33-26-56)97-77(113)50-110(6,7)8)102-84(120)70(44-57-27-34-65(35-28-57)98-80(116)73-47-76(112)108-90(126)107-73)105-87(123)74(51-111)106-86(122)72(46-59-16-13-36-93-48-59)104-83(119)68(42-55-23-30-63(91)31-24-55)103-85(121)71(100-79(115)62-19-14-37-94-49-62)45-58-22-29-60-17-9-10-18-61(60)41-58/h9-10,13-14,16-19,22-37,41,48-49,52-54,66-75,95,111H,11-12,15,20-21,38-40,42-47,50-51H2,1-8H3,(H14-,92,96,97,98,99,100,101,102,103,104,105,106,107,108,112,113,114,115,116,117,118,119,120,121,122,123,124,126)/p+1/t54-,66+,67+,68-,69-,70+,71-,72-,73?,74+,75+/m1/s1. The first-order valence-electron chi connectivity index (χ1n) is 41.9. The van der Waals surface area contributed by atoms with E-state index in [-0.39, 0.29) is 99.1 Å². The van der Waals surface area contributed by atoms with E-state index in [1.54, 1.807) is 80.6 Å². The number of aliphatic hydroxyl groups excluding tert-OH is 1. The van der Waals surface area contributed by atoms with Crippen LogP contribution in [-0.2, 0) is 94.4 Å². The average Bonchev–Trinajstić information content (AvgIpc) is 1.59. The van der Waals surface area contributed by atoms with Crippen LogP contribution in [0, 0.1) is 5.92 Å². The van der Waals surface area contributed by atoms with Crippen LogP contribution in [0.4, 0.5) is 16.2 Å². The van der Waals surface area contributed by atoms with Gasteiger partial charge in [-0.1, -0.05) is 124 Å². The zero-order valence-electron chi connectivity index (χ0n) is 71.7. The molecular formula is C90H113ClN19O16+. The van der Waals surface area contributed by atoms with Crippen LogP contribution < -0.4 is 80.2 Å². The Morgan fingerprint density at radius 2 is 1.02 bits per heavy atom. The number of hydrogen-bond acceptors (Lipinski definition) is 19. The van der Waals surface area contributed by atoms with Gasteiger partial charge in [-0.05, 0) is 151 Å². The maximum Gasteiger partial charge on any atom is 0.322 e. The molecule has 0 aliphatic carbocycles. The molecule has 4 heterocycles. The van der Waals surface area contributed by atoms with Gasteiger partial charge >= 0.3 is 6.03 Å². The molecule has 0 saturated carbocycles. The Morgan fingerprint density at radius 3 is 1.55 bits per heavy atom. The molecule has 2 aromatic heterocycles. The van der Waals surface area contributed by atoms with E-state index < -0.39 is 162 Å². The fourth-order valence-electron chi connectivity index (χ4n) is 14.4. The van der Waals surface area contributed by atoms with Crippen LogP contribution in [0.5, 0.6) is 0 Å². The van der Waals surface area contributed by atoms with E-state index in [2.05, 4.69) is 84.4 Å². The van der Waals surface area contributed by atoms with Crippen molar-refractivity contribution in [1.82, 2.24) is 78.7 Å².